The molecule has 3 aromatic rings. The zero-order valence-electron chi connectivity index (χ0n) is 18.6. The molecule has 1 saturated heterocycles. The number of rotatable bonds is 7. The molecule has 1 aromatic heterocycles. The Morgan fingerprint density at radius 1 is 1.16 bits per heavy atom. The highest BCUT2D eigenvalue weighted by Crippen LogP contribution is 2.23. The summed E-state index contributed by atoms with van der Waals surface area (Å²) in [7, 11) is 0. The molecule has 0 aliphatic carbocycles. The number of amides is 1. The minimum Gasteiger partial charge on any atom is -0.459 e. The number of fused-ring (bicyclic) bond motifs is 1. The summed E-state index contributed by atoms with van der Waals surface area (Å²) in [5.41, 5.74) is 3.16. The Morgan fingerprint density at radius 2 is 1.97 bits per heavy atom. The zero-order valence-corrected chi connectivity index (χ0v) is 21.0. The Hall–Kier alpha value is -2.55. The maximum Gasteiger partial charge on any atom is 0.222 e. The van der Waals surface area contributed by atoms with Gasteiger partial charge in [0.2, 0.25) is 5.91 Å². The number of nitrogens with one attached hydrogen (secondary N) is 2. The van der Waals surface area contributed by atoms with Crippen LogP contribution in [0, 0.1) is 0 Å². The Balaban J connectivity index is 0.00000289. The second kappa shape index (κ2) is 11.4. The molecule has 2 N–H and O–H groups in total. The summed E-state index contributed by atoms with van der Waals surface area (Å²) in [6.45, 7) is 6.99. The summed E-state index contributed by atoms with van der Waals surface area (Å²) in [5, 5.41) is 7.85. The molecule has 2 aromatic carbocycles. The van der Waals surface area contributed by atoms with Gasteiger partial charge < -0.3 is 20.0 Å². The van der Waals surface area contributed by atoms with Crippen molar-refractivity contribution in [2.45, 2.75) is 45.8 Å². The van der Waals surface area contributed by atoms with E-state index in [1.807, 2.05) is 29.2 Å². The third kappa shape index (κ3) is 6.03. The van der Waals surface area contributed by atoms with Crippen molar-refractivity contribution >= 4 is 46.8 Å². The van der Waals surface area contributed by atoms with Crippen LogP contribution in [0.2, 0.25) is 0 Å². The van der Waals surface area contributed by atoms with Crippen LogP contribution in [0.1, 0.15) is 49.6 Å². The molecule has 0 spiro atoms. The third-order valence-electron chi connectivity index (χ3n) is 5.52. The standard InChI is InChI=1S/C25H30N4O2.HI/c1-3-26-25(28-18(2)23-15-21-10-4-5-11-22(21)31-23)27-16-19-8-6-9-20(14-19)17-29-13-7-12-24(29)30;/h4-6,8-11,14-15,18H,3,7,12-13,16-17H2,1-2H3,(H2,26,27,28);1H. The van der Waals surface area contributed by atoms with E-state index in [4.69, 9.17) is 9.41 Å². The molecule has 1 amide bonds. The van der Waals surface area contributed by atoms with Crippen molar-refractivity contribution in [3.8, 4) is 0 Å². The molecule has 1 aliphatic rings. The SMILES string of the molecule is CCNC(=NCc1cccc(CN2CCCC2=O)c1)NC(C)c1cc2ccccc2o1.I. The van der Waals surface area contributed by atoms with Gasteiger partial charge >= 0.3 is 0 Å². The largest absolute Gasteiger partial charge is 0.459 e. The number of halogens is 1. The van der Waals surface area contributed by atoms with Crippen LogP contribution in [-0.4, -0.2) is 29.9 Å². The number of carbonyl (C=O) groups is 1. The third-order valence-corrected chi connectivity index (χ3v) is 5.52. The predicted octanol–water partition coefficient (Wildman–Crippen LogP) is 4.99. The van der Waals surface area contributed by atoms with Gasteiger partial charge in [-0.3, -0.25) is 4.79 Å². The number of carbonyl (C=O) groups excluding carboxylic acids is 1. The minimum atomic E-state index is -0.0160. The van der Waals surface area contributed by atoms with Crippen molar-refractivity contribution in [1.29, 1.82) is 0 Å². The Bertz CT molecular complexity index is 1050. The van der Waals surface area contributed by atoms with Gasteiger partial charge in [-0.1, -0.05) is 42.5 Å². The molecule has 7 heteroatoms. The number of hydrogen-bond acceptors (Lipinski definition) is 3. The summed E-state index contributed by atoms with van der Waals surface area (Å²) in [6.07, 6.45) is 1.63. The van der Waals surface area contributed by atoms with Gasteiger partial charge in [-0.15, -0.1) is 24.0 Å². The maximum absolute atomic E-state index is 11.9. The monoisotopic (exact) mass is 546 g/mol. The smallest absolute Gasteiger partial charge is 0.222 e. The lowest BCUT2D eigenvalue weighted by atomic mass is 10.1. The van der Waals surface area contributed by atoms with Crippen molar-refractivity contribution < 1.29 is 9.21 Å². The highest BCUT2D eigenvalue weighted by molar-refractivity contribution is 14.0. The molecule has 2 heterocycles. The van der Waals surface area contributed by atoms with Crippen molar-refractivity contribution in [3.05, 3.63) is 71.5 Å². The molecular weight excluding hydrogens is 515 g/mol. The van der Waals surface area contributed by atoms with Gasteiger partial charge in [0.1, 0.15) is 11.3 Å². The fraction of sp³-hybridized carbons (Fsp3) is 0.360. The average molecular weight is 546 g/mol. The minimum absolute atomic E-state index is 0. The number of likely N-dealkylation sites (tertiary alicyclic amines) is 1. The van der Waals surface area contributed by atoms with E-state index >= 15 is 0 Å². The van der Waals surface area contributed by atoms with Crippen molar-refractivity contribution in [3.63, 3.8) is 0 Å². The van der Waals surface area contributed by atoms with Gasteiger partial charge in [-0.2, -0.15) is 0 Å². The normalized spacial score (nSPS) is 15.0. The van der Waals surface area contributed by atoms with Gasteiger partial charge in [0.05, 0.1) is 12.6 Å². The van der Waals surface area contributed by atoms with Gasteiger partial charge in [0, 0.05) is 31.4 Å². The Labute approximate surface area is 206 Å². The first kappa shape index (κ1) is 24.1. The molecule has 0 saturated carbocycles. The molecule has 0 radical (unpaired) electrons. The Kier molecular flexibility index (Phi) is 8.55. The van der Waals surface area contributed by atoms with E-state index in [-0.39, 0.29) is 35.9 Å². The van der Waals surface area contributed by atoms with Gasteiger partial charge in [0.25, 0.3) is 0 Å². The first-order valence-corrected chi connectivity index (χ1v) is 11.0. The van der Waals surface area contributed by atoms with E-state index in [2.05, 4.69) is 54.8 Å². The molecule has 1 atom stereocenters. The molecule has 1 fully saturated rings. The number of aliphatic imine (C=N–C) groups is 1. The highest BCUT2D eigenvalue weighted by atomic mass is 127. The highest BCUT2D eigenvalue weighted by Gasteiger charge is 2.20. The first-order chi connectivity index (χ1) is 15.1. The van der Waals surface area contributed by atoms with Crippen LogP contribution >= 0.6 is 24.0 Å². The van der Waals surface area contributed by atoms with E-state index in [1.54, 1.807) is 0 Å². The predicted molar refractivity (Wildman–Crippen MR) is 139 cm³/mol. The molecule has 1 unspecified atom stereocenters. The number of guanidine groups is 1. The van der Waals surface area contributed by atoms with Crippen LogP contribution in [0.3, 0.4) is 0 Å². The lowest BCUT2D eigenvalue weighted by molar-refractivity contribution is -0.128. The van der Waals surface area contributed by atoms with Gasteiger partial charge in [-0.05, 0) is 43.5 Å². The summed E-state index contributed by atoms with van der Waals surface area (Å²) >= 11 is 0. The Morgan fingerprint density at radius 3 is 2.72 bits per heavy atom. The lowest BCUT2D eigenvalue weighted by Crippen LogP contribution is -2.38. The number of benzene rings is 2. The number of furan rings is 1. The molecule has 6 nitrogen and oxygen atoms in total. The van der Waals surface area contributed by atoms with E-state index in [0.717, 1.165) is 53.3 Å². The van der Waals surface area contributed by atoms with Crippen LogP contribution in [0.4, 0.5) is 0 Å². The fourth-order valence-corrected chi connectivity index (χ4v) is 3.90. The average Bonchev–Trinajstić information content (AvgIpc) is 3.39. The van der Waals surface area contributed by atoms with E-state index in [0.29, 0.717) is 19.5 Å². The molecule has 170 valence electrons. The fourth-order valence-electron chi connectivity index (χ4n) is 3.90. The number of para-hydroxylation sites is 1. The molecule has 4 rings (SSSR count). The molecule has 1 aliphatic heterocycles. The number of nitrogens with zero attached hydrogens (tertiary/aromatic N) is 2. The van der Waals surface area contributed by atoms with Crippen LogP contribution < -0.4 is 10.6 Å². The van der Waals surface area contributed by atoms with Gasteiger partial charge in [-0.25, -0.2) is 4.99 Å². The summed E-state index contributed by atoms with van der Waals surface area (Å²) in [4.78, 5) is 18.6. The zero-order chi connectivity index (χ0) is 21.6. The van der Waals surface area contributed by atoms with Crippen LogP contribution in [0.25, 0.3) is 11.0 Å². The lowest BCUT2D eigenvalue weighted by Gasteiger charge is -2.17. The molecule has 0 bridgehead atoms. The first-order valence-electron chi connectivity index (χ1n) is 11.0. The van der Waals surface area contributed by atoms with Crippen LogP contribution in [-0.2, 0) is 17.9 Å². The van der Waals surface area contributed by atoms with Crippen molar-refractivity contribution in [2.75, 3.05) is 13.1 Å². The van der Waals surface area contributed by atoms with Crippen LogP contribution in [0.15, 0.2) is 64.0 Å². The summed E-state index contributed by atoms with van der Waals surface area (Å²) in [6, 6.07) is 18.4. The molecule has 32 heavy (non-hydrogen) atoms. The van der Waals surface area contributed by atoms with Crippen LogP contribution in [0.5, 0.6) is 0 Å². The summed E-state index contributed by atoms with van der Waals surface area (Å²) < 4.78 is 5.98. The van der Waals surface area contributed by atoms with Crippen molar-refractivity contribution in [2.24, 2.45) is 4.99 Å². The van der Waals surface area contributed by atoms with Gasteiger partial charge in [0.15, 0.2) is 5.96 Å². The molecular formula is C25H31IN4O2. The van der Waals surface area contributed by atoms with E-state index < -0.39 is 0 Å². The second-order valence-corrected chi connectivity index (χ2v) is 7.99. The second-order valence-electron chi connectivity index (χ2n) is 7.99. The maximum atomic E-state index is 11.9. The van der Waals surface area contributed by atoms with E-state index in [1.165, 1.54) is 0 Å². The topological polar surface area (TPSA) is 69.9 Å². The number of hydrogen-bond donors (Lipinski definition) is 2. The van der Waals surface area contributed by atoms with E-state index in [9.17, 15) is 4.79 Å². The quantitative estimate of drug-likeness (QED) is 0.249. The van der Waals surface area contributed by atoms with Crippen molar-refractivity contribution in [1.82, 2.24) is 15.5 Å². The summed E-state index contributed by atoms with van der Waals surface area (Å²) in [5.74, 6) is 1.88.